The molecule has 4 rings (SSSR count). The number of benzene rings is 2. The van der Waals surface area contributed by atoms with E-state index in [0.29, 0.717) is 45.3 Å². The molecule has 0 spiro atoms. The second-order valence-corrected chi connectivity index (χ2v) is 9.38. The Balaban J connectivity index is 1.87. The van der Waals surface area contributed by atoms with Crippen molar-refractivity contribution in [3.05, 3.63) is 87.2 Å². The molecule has 3 atom stereocenters. The maximum Gasteiger partial charge on any atom is 0.336 e. The van der Waals surface area contributed by atoms with Crippen LogP contribution in [0.5, 0.6) is 5.75 Å². The molecule has 0 bridgehead atoms. The van der Waals surface area contributed by atoms with Gasteiger partial charge < -0.3 is 19.5 Å². The molecule has 0 unspecified atom stereocenters. The van der Waals surface area contributed by atoms with E-state index in [9.17, 15) is 14.4 Å². The molecule has 2 aromatic rings. The standard InChI is InChI=1S/C29H30ClNO6/c1-5-36-28(33)23-16(3)31-22-15-21(17-9-13-20(35-4)14-10-17)25(29(34)37-6-2)27(32)26(22)24(23)18-7-11-19(30)12-8-18/h7-14,21,24-25,31H,5-6,15H2,1-4H3/t21-,24-,25-/m1/s1. The molecule has 1 heterocycles. The topological polar surface area (TPSA) is 90.9 Å². The summed E-state index contributed by atoms with van der Waals surface area (Å²) in [5.41, 5.74) is 3.52. The summed E-state index contributed by atoms with van der Waals surface area (Å²) >= 11 is 6.14. The van der Waals surface area contributed by atoms with Crippen LogP contribution in [0.3, 0.4) is 0 Å². The first-order valence-electron chi connectivity index (χ1n) is 12.3. The second kappa shape index (κ2) is 11.2. The van der Waals surface area contributed by atoms with E-state index in [0.717, 1.165) is 5.56 Å². The zero-order valence-corrected chi connectivity index (χ0v) is 22.1. The Morgan fingerprint density at radius 1 is 0.973 bits per heavy atom. The number of methoxy groups -OCH3 is 1. The molecule has 1 N–H and O–H groups in total. The third-order valence-electron chi connectivity index (χ3n) is 6.80. The molecule has 0 saturated carbocycles. The number of hydrogen-bond acceptors (Lipinski definition) is 7. The van der Waals surface area contributed by atoms with Crippen molar-refractivity contribution in [2.24, 2.45) is 5.92 Å². The number of nitrogens with one attached hydrogen (secondary N) is 1. The molecular weight excluding hydrogens is 494 g/mol. The minimum Gasteiger partial charge on any atom is -0.497 e. The van der Waals surface area contributed by atoms with E-state index in [1.165, 1.54) is 0 Å². The van der Waals surface area contributed by atoms with Crippen LogP contribution >= 0.6 is 11.6 Å². The van der Waals surface area contributed by atoms with Crippen LogP contribution in [-0.2, 0) is 23.9 Å². The summed E-state index contributed by atoms with van der Waals surface area (Å²) in [5, 5.41) is 3.83. The lowest BCUT2D eigenvalue weighted by molar-refractivity contribution is -0.152. The van der Waals surface area contributed by atoms with Crippen molar-refractivity contribution in [3.8, 4) is 5.75 Å². The van der Waals surface area contributed by atoms with E-state index < -0.39 is 29.7 Å². The van der Waals surface area contributed by atoms with E-state index in [2.05, 4.69) is 5.32 Å². The minimum atomic E-state index is -1.06. The monoisotopic (exact) mass is 523 g/mol. The molecule has 2 aliphatic rings. The number of dihydropyridines is 1. The number of allylic oxidation sites excluding steroid dienone is 3. The number of ketones is 1. The van der Waals surface area contributed by atoms with Gasteiger partial charge in [0, 0.05) is 33.8 Å². The summed E-state index contributed by atoms with van der Waals surface area (Å²) in [7, 11) is 1.58. The predicted octanol–water partition coefficient (Wildman–Crippen LogP) is 5.06. The van der Waals surface area contributed by atoms with Crippen molar-refractivity contribution in [3.63, 3.8) is 0 Å². The van der Waals surface area contributed by atoms with Crippen LogP contribution in [0.2, 0.25) is 5.02 Å². The quantitative estimate of drug-likeness (QED) is 0.400. The lowest BCUT2D eigenvalue weighted by Crippen LogP contribution is -2.43. The lowest BCUT2D eigenvalue weighted by Gasteiger charge is -2.39. The fourth-order valence-electron chi connectivity index (χ4n) is 5.17. The van der Waals surface area contributed by atoms with Gasteiger partial charge in [-0.15, -0.1) is 0 Å². The summed E-state index contributed by atoms with van der Waals surface area (Å²) in [6.45, 7) is 5.57. The van der Waals surface area contributed by atoms with Crippen molar-refractivity contribution in [1.82, 2.24) is 5.32 Å². The molecule has 0 radical (unpaired) electrons. The van der Waals surface area contributed by atoms with Crippen molar-refractivity contribution in [1.29, 1.82) is 0 Å². The largest absolute Gasteiger partial charge is 0.497 e. The molecule has 0 aromatic heterocycles. The Morgan fingerprint density at radius 2 is 1.59 bits per heavy atom. The van der Waals surface area contributed by atoms with Crippen LogP contribution in [0.15, 0.2) is 71.1 Å². The molecule has 0 saturated heterocycles. The highest BCUT2D eigenvalue weighted by Gasteiger charge is 2.49. The van der Waals surface area contributed by atoms with Gasteiger partial charge in [0.25, 0.3) is 0 Å². The van der Waals surface area contributed by atoms with Gasteiger partial charge in [0.15, 0.2) is 5.78 Å². The number of hydrogen-bond donors (Lipinski definition) is 1. The van der Waals surface area contributed by atoms with Gasteiger partial charge in [-0.05, 0) is 62.6 Å². The zero-order valence-electron chi connectivity index (χ0n) is 21.3. The van der Waals surface area contributed by atoms with Gasteiger partial charge in [0.1, 0.15) is 11.7 Å². The molecular formula is C29H30ClNO6. The van der Waals surface area contributed by atoms with Crippen LogP contribution in [0, 0.1) is 5.92 Å². The average molecular weight is 524 g/mol. The zero-order chi connectivity index (χ0) is 26.7. The maximum absolute atomic E-state index is 14.2. The fraction of sp³-hybridized carbons (Fsp3) is 0.345. The Hall–Kier alpha value is -3.58. The summed E-state index contributed by atoms with van der Waals surface area (Å²) in [6, 6.07) is 14.3. The fourth-order valence-corrected chi connectivity index (χ4v) is 5.30. The minimum absolute atomic E-state index is 0.149. The molecule has 194 valence electrons. The number of ether oxygens (including phenoxy) is 3. The summed E-state index contributed by atoms with van der Waals surface area (Å²) < 4.78 is 16.0. The average Bonchev–Trinajstić information content (AvgIpc) is 2.88. The second-order valence-electron chi connectivity index (χ2n) is 8.94. The number of Topliss-reactive ketones (excluding diaryl/α,β-unsaturated/α-hetero) is 1. The van der Waals surface area contributed by atoms with E-state index in [-0.39, 0.29) is 19.0 Å². The van der Waals surface area contributed by atoms with Crippen molar-refractivity contribution < 1.29 is 28.6 Å². The van der Waals surface area contributed by atoms with Gasteiger partial charge in [0.05, 0.1) is 25.9 Å². The number of carbonyl (C=O) groups is 3. The highest BCUT2D eigenvalue weighted by atomic mass is 35.5. The normalized spacial score (nSPS) is 21.2. The van der Waals surface area contributed by atoms with E-state index in [4.69, 9.17) is 25.8 Å². The van der Waals surface area contributed by atoms with E-state index in [1.807, 2.05) is 12.1 Å². The molecule has 0 amide bonds. The molecule has 1 aliphatic carbocycles. The van der Waals surface area contributed by atoms with E-state index in [1.54, 1.807) is 64.3 Å². The molecule has 0 fully saturated rings. The first kappa shape index (κ1) is 26.5. The maximum atomic E-state index is 14.2. The smallest absolute Gasteiger partial charge is 0.336 e. The van der Waals surface area contributed by atoms with Gasteiger partial charge >= 0.3 is 11.9 Å². The van der Waals surface area contributed by atoms with Crippen LogP contribution in [-0.4, -0.2) is 38.0 Å². The summed E-state index contributed by atoms with van der Waals surface area (Å²) in [4.78, 5) is 40.6. The molecule has 7 nitrogen and oxygen atoms in total. The van der Waals surface area contributed by atoms with Crippen LogP contribution < -0.4 is 10.1 Å². The number of esters is 2. The molecule has 2 aromatic carbocycles. The molecule has 37 heavy (non-hydrogen) atoms. The number of rotatable bonds is 7. The Labute approximate surface area is 221 Å². The highest BCUT2D eigenvalue weighted by molar-refractivity contribution is 6.30. The third-order valence-corrected chi connectivity index (χ3v) is 7.05. The summed E-state index contributed by atoms with van der Waals surface area (Å²) in [5.74, 6) is -3.03. The Bertz CT molecular complexity index is 1260. The first-order chi connectivity index (χ1) is 17.8. The van der Waals surface area contributed by atoms with Crippen LogP contribution in [0.4, 0.5) is 0 Å². The van der Waals surface area contributed by atoms with Crippen molar-refractivity contribution in [2.45, 2.75) is 39.0 Å². The van der Waals surface area contributed by atoms with Gasteiger partial charge in [-0.1, -0.05) is 35.9 Å². The third kappa shape index (κ3) is 5.14. The van der Waals surface area contributed by atoms with Gasteiger partial charge in [0.2, 0.25) is 0 Å². The first-order valence-corrected chi connectivity index (χ1v) is 12.7. The van der Waals surface area contributed by atoms with E-state index >= 15 is 0 Å². The van der Waals surface area contributed by atoms with Gasteiger partial charge in [-0.25, -0.2) is 4.79 Å². The number of halogens is 1. The number of carbonyl (C=O) groups excluding carboxylic acids is 3. The SMILES string of the molecule is CCOC(=O)C1=C(C)NC2=C(C(=O)[C@H](C(=O)OCC)[C@@H](c3ccc(OC)cc3)C2)[C@@H]1c1ccc(Cl)cc1. The van der Waals surface area contributed by atoms with Crippen molar-refractivity contribution >= 4 is 29.3 Å². The predicted molar refractivity (Wildman–Crippen MR) is 139 cm³/mol. The summed E-state index contributed by atoms with van der Waals surface area (Å²) in [6.07, 6.45) is 0.383. The van der Waals surface area contributed by atoms with Crippen LogP contribution in [0.25, 0.3) is 0 Å². The van der Waals surface area contributed by atoms with Gasteiger partial charge in [-0.3, -0.25) is 9.59 Å². The Kier molecular flexibility index (Phi) is 8.03. The van der Waals surface area contributed by atoms with Gasteiger partial charge in [-0.2, -0.15) is 0 Å². The molecule has 8 heteroatoms. The Morgan fingerprint density at radius 3 is 2.19 bits per heavy atom. The molecule has 1 aliphatic heterocycles. The lowest BCUT2D eigenvalue weighted by atomic mass is 9.67. The van der Waals surface area contributed by atoms with Crippen LogP contribution in [0.1, 0.15) is 50.2 Å². The van der Waals surface area contributed by atoms with Crippen molar-refractivity contribution in [2.75, 3.05) is 20.3 Å². The highest BCUT2D eigenvalue weighted by Crippen LogP contribution is 2.48.